The molecule has 0 radical (unpaired) electrons. The number of thioether (sulfide) groups is 1. The van der Waals surface area contributed by atoms with Gasteiger partial charge in [-0.3, -0.25) is 0 Å². The summed E-state index contributed by atoms with van der Waals surface area (Å²) in [5.74, 6) is 0. The van der Waals surface area contributed by atoms with Gasteiger partial charge in [0.2, 0.25) is 0 Å². The average molecular weight is 226 g/mol. The van der Waals surface area contributed by atoms with E-state index in [0.717, 1.165) is 17.1 Å². The van der Waals surface area contributed by atoms with E-state index in [2.05, 4.69) is 32.5 Å². The molecule has 0 aromatic rings. The third-order valence-corrected chi connectivity index (χ3v) is 5.61. The van der Waals surface area contributed by atoms with Crippen molar-refractivity contribution in [1.82, 2.24) is 0 Å². The van der Waals surface area contributed by atoms with Gasteiger partial charge < -0.3 is 4.74 Å². The molecule has 0 aliphatic carbocycles. The third kappa shape index (κ3) is 2.52. The van der Waals surface area contributed by atoms with Crippen molar-refractivity contribution in [2.75, 3.05) is 6.61 Å². The second kappa shape index (κ2) is 4.40. The standard InChI is InChI=1S/C13H22OS/c1-10(2)9-14-7-6-13(3)8-11-4-5-12(13)15-11/h9,11-12H,4-8H2,1-3H3. The Morgan fingerprint density at radius 3 is 2.80 bits per heavy atom. The molecule has 2 heteroatoms. The Kier molecular flexibility index (Phi) is 3.34. The molecule has 3 atom stereocenters. The van der Waals surface area contributed by atoms with E-state index in [1.165, 1.54) is 31.3 Å². The van der Waals surface area contributed by atoms with Crippen LogP contribution in [0.2, 0.25) is 0 Å². The Morgan fingerprint density at radius 2 is 2.27 bits per heavy atom. The first-order chi connectivity index (χ1) is 7.10. The van der Waals surface area contributed by atoms with Crippen molar-refractivity contribution >= 4 is 11.8 Å². The number of ether oxygens (including phenoxy) is 1. The molecule has 1 nitrogen and oxygen atoms in total. The predicted molar refractivity (Wildman–Crippen MR) is 67.1 cm³/mol. The van der Waals surface area contributed by atoms with Crippen LogP contribution in [0.3, 0.4) is 0 Å². The van der Waals surface area contributed by atoms with Crippen LogP contribution in [0.25, 0.3) is 0 Å². The summed E-state index contributed by atoms with van der Waals surface area (Å²) < 4.78 is 5.56. The highest BCUT2D eigenvalue weighted by Crippen LogP contribution is 2.57. The van der Waals surface area contributed by atoms with Crippen LogP contribution in [0.4, 0.5) is 0 Å². The van der Waals surface area contributed by atoms with Gasteiger partial charge in [0, 0.05) is 10.5 Å². The number of allylic oxidation sites excluding steroid dienone is 1. The van der Waals surface area contributed by atoms with Crippen LogP contribution < -0.4 is 0 Å². The lowest BCUT2D eigenvalue weighted by molar-refractivity contribution is 0.155. The Morgan fingerprint density at radius 1 is 1.47 bits per heavy atom. The molecular weight excluding hydrogens is 204 g/mol. The van der Waals surface area contributed by atoms with E-state index in [0.29, 0.717) is 5.41 Å². The molecule has 3 unspecified atom stereocenters. The molecule has 0 N–H and O–H groups in total. The molecular formula is C13H22OS. The van der Waals surface area contributed by atoms with Gasteiger partial charge in [-0.25, -0.2) is 0 Å². The summed E-state index contributed by atoms with van der Waals surface area (Å²) in [7, 11) is 0. The fourth-order valence-electron chi connectivity index (χ4n) is 2.80. The first-order valence-corrected chi connectivity index (χ1v) is 6.95. The largest absolute Gasteiger partial charge is 0.501 e. The fraction of sp³-hybridized carbons (Fsp3) is 0.846. The van der Waals surface area contributed by atoms with Gasteiger partial charge in [0.15, 0.2) is 0 Å². The Labute approximate surface area is 97.7 Å². The van der Waals surface area contributed by atoms with Crippen LogP contribution in [0.5, 0.6) is 0 Å². The summed E-state index contributed by atoms with van der Waals surface area (Å²) in [4.78, 5) is 0. The highest BCUT2D eigenvalue weighted by atomic mass is 32.2. The molecule has 2 bridgehead atoms. The molecule has 15 heavy (non-hydrogen) atoms. The summed E-state index contributed by atoms with van der Waals surface area (Å²) >= 11 is 2.23. The summed E-state index contributed by atoms with van der Waals surface area (Å²) in [6.07, 6.45) is 7.43. The molecule has 0 aromatic carbocycles. The van der Waals surface area contributed by atoms with Gasteiger partial charge in [-0.1, -0.05) is 6.92 Å². The lowest BCUT2D eigenvalue weighted by Crippen LogP contribution is -2.29. The van der Waals surface area contributed by atoms with E-state index >= 15 is 0 Å². The quantitative estimate of drug-likeness (QED) is 0.529. The van der Waals surface area contributed by atoms with Gasteiger partial charge in [0.05, 0.1) is 12.9 Å². The van der Waals surface area contributed by atoms with Gasteiger partial charge in [0.1, 0.15) is 0 Å². The Balaban J connectivity index is 1.77. The van der Waals surface area contributed by atoms with Crippen LogP contribution >= 0.6 is 11.8 Å². The molecule has 2 saturated heterocycles. The molecule has 0 saturated carbocycles. The lowest BCUT2D eigenvalue weighted by Gasteiger charge is -2.32. The van der Waals surface area contributed by atoms with Crippen LogP contribution in [0.1, 0.15) is 46.5 Å². The smallest absolute Gasteiger partial charge is 0.0878 e. The Bertz CT molecular complexity index is 257. The highest BCUT2D eigenvalue weighted by molar-refractivity contribution is 8.01. The Hall–Kier alpha value is -0.110. The maximum Gasteiger partial charge on any atom is 0.0878 e. The molecule has 2 rings (SSSR count). The summed E-state index contributed by atoms with van der Waals surface area (Å²) in [5, 5.41) is 1.88. The van der Waals surface area contributed by atoms with Crippen molar-refractivity contribution in [3.05, 3.63) is 11.8 Å². The topological polar surface area (TPSA) is 9.23 Å². The lowest BCUT2D eigenvalue weighted by atomic mass is 9.74. The van der Waals surface area contributed by atoms with Crippen molar-refractivity contribution < 1.29 is 4.74 Å². The summed E-state index contributed by atoms with van der Waals surface area (Å²) in [6, 6.07) is 0. The van der Waals surface area contributed by atoms with Crippen molar-refractivity contribution in [2.24, 2.45) is 5.41 Å². The van der Waals surface area contributed by atoms with E-state index < -0.39 is 0 Å². The predicted octanol–water partition coefficient (Wildman–Crippen LogP) is 3.99. The van der Waals surface area contributed by atoms with Crippen molar-refractivity contribution in [3.8, 4) is 0 Å². The van der Waals surface area contributed by atoms with E-state index in [-0.39, 0.29) is 0 Å². The number of hydrogen-bond donors (Lipinski definition) is 0. The van der Waals surface area contributed by atoms with E-state index in [4.69, 9.17) is 4.74 Å². The van der Waals surface area contributed by atoms with Gasteiger partial charge in [-0.05, 0) is 50.5 Å². The molecule has 2 aliphatic rings. The number of hydrogen-bond acceptors (Lipinski definition) is 2. The average Bonchev–Trinajstić information content (AvgIpc) is 2.72. The molecule has 0 amide bonds. The zero-order valence-electron chi connectivity index (χ0n) is 10.1. The molecule has 2 aliphatic heterocycles. The summed E-state index contributed by atoms with van der Waals surface area (Å²) in [6.45, 7) is 7.51. The van der Waals surface area contributed by atoms with Gasteiger partial charge in [-0.2, -0.15) is 11.8 Å². The monoisotopic (exact) mass is 226 g/mol. The van der Waals surface area contributed by atoms with Gasteiger partial charge >= 0.3 is 0 Å². The molecule has 2 fully saturated rings. The first kappa shape index (κ1) is 11.4. The van der Waals surface area contributed by atoms with Gasteiger partial charge in [0.25, 0.3) is 0 Å². The second-order valence-electron chi connectivity index (χ2n) is 5.50. The zero-order chi connectivity index (χ0) is 10.9. The van der Waals surface area contributed by atoms with Crippen LogP contribution in [0, 0.1) is 5.41 Å². The molecule has 0 spiro atoms. The second-order valence-corrected chi connectivity index (χ2v) is 7.01. The minimum Gasteiger partial charge on any atom is -0.501 e. The minimum absolute atomic E-state index is 0.559. The van der Waals surface area contributed by atoms with Crippen molar-refractivity contribution in [1.29, 1.82) is 0 Å². The molecule has 86 valence electrons. The van der Waals surface area contributed by atoms with E-state index in [9.17, 15) is 0 Å². The highest BCUT2D eigenvalue weighted by Gasteiger charge is 2.48. The van der Waals surface area contributed by atoms with Gasteiger partial charge in [-0.15, -0.1) is 0 Å². The maximum absolute atomic E-state index is 5.56. The molecule has 2 heterocycles. The summed E-state index contributed by atoms with van der Waals surface area (Å²) in [5.41, 5.74) is 1.81. The molecule has 0 aromatic heterocycles. The zero-order valence-corrected chi connectivity index (χ0v) is 10.9. The normalized spacial score (nSPS) is 38.1. The van der Waals surface area contributed by atoms with Crippen molar-refractivity contribution in [2.45, 2.75) is 57.0 Å². The van der Waals surface area contributed by atoms with E-state index in [1.807, 2.05) is 6.26 Å². The fourth-order valence-corrected chi connectivity index (χ4v) is 4.83. The van der Waals surface area contributed by atoms with Crippen LogP contribution in [-0.4, -0.2) is 17.1 Å². The number of rotatable bonds is 4. The van der Waals surface area contributed by atoms with Crippen LogP contribution in [-0.2, 0) is 4.74 Å². The maximum atomic E-state index is 5.56. The first-order valence-electron chi connectivity index (χ1n) is 6.00. The van der Waals surface area contributed by atoms with Crippen molar-refractivity contribution in [3.63, 3.8) is 0 Å². The minimum atomic E-state index is 0.559. The third-order valence-electron chi connectivity index (χ3n) is 3.69. The van der Waals surface area contributed by atoms with Crippen LogP contribution in [0.15, 0.2) is 11.8 Å². The SMILES string of the molecule is CC(C)=COCCC1(C)CC2CCC1S2. The van der Waals surface area contributed by atoms with E-state index in [1.54, 1.807) is 0 Å². The number of fused-ring (bicyclic) bond motifs is 2.